The number of carbonyl (C=O) groups excluding carboxylic acids is 1. The maximum atomic E-state index is 12.1. The van der Waals surface area contributed by atoms with Crippen LogP contribution in [0.5, 0.6) is 0 Å². The Morgan fingerprint density at radius 3 is 2.43 bits per heavy atom. The fraction of sp³-hybridized carbons (Fsp3) is 0.438. The van der Waals surface area contributed by atoms with E-state index in [1.807, 2.05) is 45.0 Å². The van der Waals surface area contributed by atoms with Gasteiger partial charge in [-0.15, -0.1) is 0 Å². The molecule has 0 saturated heterocycles. The zero-order chi connectivity index (χ0) is 15.2. The van der Waals surface area contributed by atoms with Crippen LogP contribution in [0.2, 0.25) is 0 Å². The predicted octanol–water partition coefficient (Wildman–Crippen LogP) is 2.88. The van der Waals surface area contributed by atoms with Gasteiger partial charge in [-0.2, -0.15) is 5.10 Å². The predicted molar refractivity (Wildman–Crippen MR) is 82.0 cm³/mol. The molecule has 1 N–H and O–H groups in total. The molecule has 21 heavy (non-hydrogen) atoms. The fourth-order valence-corrected chi connectivity index (χ4v) is 2.33. The Kier molecular flexibility index (Phi) is 5.09. The van der Waals surface area contributed by atoms with E-state index in [1.54, 1.807) is 11.0 Å². The first-order valence-corrected chi connectivity index (χ1v) is 7.41. The van der Waals surface area contributed by atoms with Crippen LogP contribution in [0.4, 0.5) is 0 Å². The summed E-state index contributed by atoms with van der Waals surface area (Å²) >= 11 is 0. The number of nitrogens with zero attached hydrogens (tertiary/aromatic N) is 3. The molecule has 1 aromatic carbocycles. The van der Waals surface area contributed by atoms with Crippen molar-refractivity contribution in [2.24, 2.45) is 5.92 Å². The van der Waals surface area contributed by atoms with Crippen LogP contribution in [0, 0.1) is 5.92 Å². The molecule has 1 aromatic heterocycles. The lowest BCUT2D eigenvalue weighted by molar-refractivity contribution is -0.125. The number of aromatic nitrogens is 3. The molecule has 0 aliphatic rings. The van der Waals surface area contributed by atoms with E-state index in [-0.39, 0.29) is 17.9 Å². The molecule has 1 heterocycles. The van der Waals surface area contributed by atoms with Gasteiger partial charge >= 0.3 is 0 Å². The molecule has 0 radical (unpaired) electrons. The second kappa shape index (κ2) is 7.02. The van der Waals surface area contributed by atoms with Crippen LogP contribution < -0.4 is 5.32 Å². The molecule has 2 rings (SSSR count). The molecule has 5 nitrogen and oxygen atoms in total. The van der Waals surface area contributed by atoms with Gasteiger partial charge in [0.2, 0.25) is 5.91 Å². The third-order valence-electron chi connectivity index (χ3n) is 3.79. The van der Waals surface area contributed by atoms with E-state index in [2.05, 4.69) is 15.4 Å². The van der Waals surface area contributed by atoms with Gasteiger partial charge in [0.05, 0.1) is 11.7 Å². The van der Waals surface area contributed by atoms with Gasteiger partial charge in [-0.25, -0.2) is 9.67 Å². The summed E-state index contributed by atoms with van der Waals surface area (Å²) in [4.78, 5) is 16.0. The highest BCUT2D eigenvalue weighted by Crippen LogP contribution is 2.17. The van der Waals surface area contributed by atoms with Crippen molar-refractivity contribution in [2.75, 3.05) is 0 Å². The molecule has 112 valence electrons. The zero-order valence-electron chi connectivity index (χ0n) is 12.8. The monoisotopic (exact) mass is 286 g/mol. The summed E-state index contributed by atoms with van der Waals surface area (Å²) < 4.78 is 1.71. The average Bonchev–Trinajstić information content (AvgIpc) is 3.03. The van der Waals surface area contributed by atoms with Crippen LogP contribution in [0.1, 0.15) is 45.2 Å². The Bertz CT molecular complexity index is 558. The average molecular weight is 286 g/mol. The van der Waals surface area contributed by atoms with E-state index in [0.29, 0.717) is 0 Å². The quantitative estimate of drug-likeness (QED) is 0.888. The van der Waals surface area contributed by atoms with Gasteiger partial charge in [0, 0.05) is 5.92 Å². The van der Waals surface area contributed by atoms with E-state index >= 15 is 0 Å². The second-order valence-corrected chi connectivity index (χ2v) is 5.18. The molecule has 1 amide bonds. The number of amides is 1. The number of nitrogens with one attached hydrogen (secondary N) is 1. The van der Waals surface area contributed by atoms with Crippen molar-refractivity contribution < 1.29 is 4.79 Å². The van der Waals surface area contributed by atoms with Crippen molar-refractivity contribution in [3.8, 4) is 5.69 Å². The first-order chi connectivity index (χ1) is 10.2. The first kappa shape index (κ1) is 15.2. The van der Waals surface area contributed by atoms with Crippen LogP contribution in [-0.4, -0.2) is 20.7 Å². The minimum absolute atomic E-state index is 0.00268. The van der Waals surface area contributed by atoms with Crippen molar-refractivity contribution in [1.29, 1.82) is 0 Å². The van der Waals surface area contributed by atoms with Gasteiger partial charge in [0.25, 0.3) is 0 Å². The van der Waals surface area contributed by atoms with Crippen LogP contribution >= 0.6 is 0 Å². The van der Waals surface area contributed by atoms with E-state index in [9.17, 15) is 4.79 Å². The maximum absolute atomic E-state index is 12.1. The van der Waals surface area contributed by atoms with Crippen molar-refractivity contribution in [1.82, 2.24) is 20.1 Å². The lowest BCUT2D eigenvalue weighted by atomic mass is 10.0. The Hall–Kier alpha value is -2.17. The third-order valence-corrected chi connectivity index (χ3v) is 3.79. The minimum Gasteiger partial charge on any atom is -0.349 e. The summed E-state index contributed by atoms with van der Waals surface area (Å²) in [6.45, 7) is 6.10. The molecule has 0 bridgehead atoms. The molecule has 2 aromatic rings. The molecule has 0 aliphatic heterocycles. The number of benzene rings is 1. The fourth-order valence-electron chi connectivity index (χ4n) is 2.33. The van der Waals surface area contributed by atoms with Gasteiger partial charge in [-0.05, 0) is 37.5 Å². The summed E-state index contributed by atoms with van der Waals surface area (Å²) in [5.74, 6) is 0.231. The van der Waals surface area contributed by atoms with Crippen molar-refractivity contribution in [3.05, 3.63) is 42.5 Å². The van der Waals surface area contributed by atoms with Crippen molar-refractivity contribution in [2.45, 2.75) is 39.7 Å². The highest BCUT2D eigenvalue weighted by Gasteiger charge is 2.16. The van der Waals surface area contributed by atoms with E-state index in [0.717, 1.165) is 24.1 Å². The SMILES string of the molecule is CCC(CC)C(=O)NC(C)c1ccc(-n2cncn2)cc1. The summed E-state index contributed by atoms with van der Waals surface area (Å²) in [5.41, 5.74) is 2.04. The second-order valence-electron chi connectivity index (χ2n) is 5.18. The molecule has 1 unspecified atom stereocenters. The Morgan fingerprint density at radius 1 is 1.24 bits per heavy atom. The molecular formula is C16H22N4O. The normalized spacial score (nSPS) is 12.4. The van der Waals surface area contributed by atoms with Gasteiger partial charge in [-0.3, -0.25) is 4.79 Å². The Morgan fingerprint density at radius 2 is 1.90 bits per heavy atom. The number of hydrogen-bond donors (Lipinski definition) is 1. The molecule has 0 fully saturated rings. The lowest BCUT2D eigenvalue weighted by Gasteiger charge is -2.18. The molecule has 0 spiro atoms. The maximum Gasteiger partial charge on any atom is 0.223 e. The summed E-state index contributed by atoms with van der Waals surface area (Å²) in [6, 6.07) is 7.97. The van der Waals surface area contributed by atoms with E-state index in [4.69, 9.17) is 0 Å². The molecule has 5 heteroatoms. The molecule has 1 atom stereocenters. The number of hydrogen-bond acceptors (Lipinski definition) is 3. The third kappa shape index (κ3) is 3.68. The highest BCUT2D eigenvalue weighted by atomic mass is 16.1. The van der Waals surface area contributed by atoms with Gasteiger partial charge in [0.15, 0.2) is 0 Å². The topological polar surface area (TPSA) is 59.8 Å². The van der Waals surface area contributed by atoms with Crippen LogP contribution in [0.25, 0.3) is 5.69 Å². The molecule has 0 saturated carbocycles. The number of carbonyl (C=O) groups is 1. The summed E-state index contributed by atoms with van der Waals surface area (Å²) in [6.07, 6.45) is 4.92. The van der Waals surface area contributed by atoms with Crippen molar-refractivity contribution >= 4 is 5.91 Å². The zero-order valence-corrected chi connectivity index (χ0v) is 12.8. The van der Waals surface area contributed by atoms with E-state index in [1.165, 1.54) is 6.33 Å². The van der Waals surface area contributed by atoms with Gasteiger partial charge < -0.3 is 5.32 Å². The largest absolute Gasteiger partial charge is 0.349 e. The van der Waals surface area contributed by atoms with Crippen LogP contribution in [0.3, 0.4) is 0 Å². The van der Waals surface area contributed by atoms with Crippen LogP contribution in [-0.2, 0) is 4.79 Å². The lowest BCUT2D eigenvalue weighted by Crippen LogP contribution is -2.32. The Labute approximate surface area is 125 Å². The highest BCUT2D eigenvalue weighted by molar-refractivity contribution is 5.78. The molecular weight excluding hydrogens is 264 g/mol. The summed E-state index contributed by atoms with van der Waals surface area (Å²) in [5, 5.41) is 7.17. The standard InChI is InChI=1S/C16H22N4O/c1-4-13(5-2)16(21)19-12(3)14-6-8-15(9-7-14)20-11-17-10-18-20/h6-13H,4-5H2,1-3H3,(H,19,21). The summed E-state index contributed by atoms with van der Waals surface area (Å²) in [7, 11) is 0. The van der Waals surface area contributed by atoms with Crippen LogP contribution in [0.15, 0.2) is 36.9 Å². The van der Waals surface area contributed by atoms with E-state index < -0.39 is 0 Å². The molecule has 0 aliphatic carbocycles. The smallest absolute Gasteiger partial charge is 0.223 e. The van der Waals surface area contributed by atoms with Gasteiger partial charge in [0.1, 0.15) is 12.7 Å². The van der Waals surface area contributed by atoms with Gasteiger partial charge in [-0.1, -0.05) is 26.0 Å². The first-order valence-electron chi connectivity index (χ1n) is 7.41. The van der Waals surface area contributed by atoms with Crippen molar-refractivity contribution in [3.63, 3.8) is 0 Å². The minimum atomic E-state index is 0.00268. The number of rotatable bonds is 6. The Balaban J connectivity index is 2.03.